The average Bonchev–Trinajstić information content (AvgIpc) is 2.49. The molecule has 1 aliphatic rings. The fourth-order valence-corrected chi connectivity index (χ4v) is 4.90. The van der Waals surface area contributed by atoms with Crippen molar-refractivity contribution in [2.24, 2.45) is 0 Å². The zero-order valence-electron chi connectivity index (χ0n) is 12.6. The molecule has 0 saturated heterocycles. The summed E-state index contributed by atoms with van der Waals surface area (Å²) in [5.74, 6) is 0. The molecule has 24 heavy (non-hydrogen) atoms. The molecule has 2 aromatic carbocycles. The zero-order valence-corrected chi connectivity index (χ0v) is 15.8. The minimum atomic E-state index is -3.76. The standard InChI is InChI=1S/C16H16Cl2N2O2S.ClH/c17-11-4-7-14(18)16(9-11)23(21,22)20-15-3-1-2-10-8-12(19)5-6-13(10)15;/h4-9,15,20H,1-3,19H2;1H. The summed E-state index contributed by atoms with van der Waals surface area (Å²) in [5, 5.41) is 0.474. The van der Waals surface area contributed by atoms with Gasteiger partial charge in [0.05, 0.1) is 5.02 Å². The summed E-state index contributed by atoms with van der Waals surface area (Å²) < 4.78 is 28.1. The molecule has 1 aliphatic carbocycles. The van der Waals surface area contributed by atoms with Gasteiger partial charge in [0.25, 0.3) is 0 Å². The second-order valence-corrected chi connectivity index (χ2v) is 8.13. The van der Waals surface area contributed by atoms with E-state index in [0.717, 1.165) is 30.4 Å². The van der Waals surface area contributed by atoms with Gasteiger partial charge in [0.2, 0.25) is 10.0 Å². The molecule has 0 spiro atoms. The third-order valence-corrected chi connectivity index (χ3v) is 6.15. The normalized spacial score (nSPS) is 17.0. The van der Waals surface area contributed by atoms with E-state index in [4.69, 9.17) is 28.9 Å². The maximum atomic E-state index is 12.7. The zero-order chi connectivity index (χ0) is 16.6. The topological polar surface area (TPSA) is 72.2 Å². The highest BCUT2D eigenvalue weighted by molar-refractivity contribution is 7.89. The van der Waals surface area contributed by atoms with E-state index in [0.29, 0.717) is 10.7 Å². The minimum Gasteiger partial charge on any atom is -0.399 e. The van der Waals surface area contributed by atoms with Gasteiger partial charge in [-0.1, -0.05) is 29.3 Å². The Hall–Kier alpha value is -0.980. The maximum Gasteiger partial charge on any atom is 0.242 e. The number of aryl methyl sites for hydroxylation is 1. The van der Waals surface area contributed by atoms with Gasteiger partial charge >= 0.3 is 0 Å². The van der Waals surface area contributed by atoms with E-state index < -0.39 is 10.0 Å². The van der Waals surface area contributed by atoms with Gasteiger partial charge in [-0.15, -0.1) is 12.4 Å². The number of halogens is 3. The van der Waals surface area contributed by atoms with Crippen LogP contribution in [0.4, 0.5) is 5.69 Å². The Morgan fingerprint density at radius 3 is 2.62 bits per heavy atom. The molecular weight excluding hydrogens is 391 g/mol. The smallest absolute Gasteiger partial charge is 0.242 e. The lowest BCUT2D eigenvalue weighted by molar-refractivity contribution is 0.507. The van der Waals surface area contributed by atoms with Crippen LogP contribution >= 0.6 is 35.6 Å². The highest BCUT2D eigenvalue weighted by Crippen LogP contribution is 2.33. The average molecular weight is 408 g/mol. The van der Waals surface area contributed by atoms with Crippen molar-refractivity contribution in [1.29, 1.82) is 0 Å². The van der Waals surface area contributed by atoms with Crippen molar-refractivity contribution in [1.82, 2.24) is 4.72 Å². The molecule has 2 aromatic rings. The van der Waals surface area contributed by atoms with Crippen LogP contribution in [0.2, 0.25) is 10.0 Å². The molecule has 0 amide bonds. The van der Waals surface area contributed by atoms with Gasteiger partial charge in [-0.3, -0.25) is 0 Å². The fourth-order valence-electron chi connectivity index (χ4n) is 2.89. The number of nitrogens with one attached hydrogen (secondary N) is 1. The van der Waals surface area contributed by atoms with Crippen molar-refractivity contribution in [2.45, 2.75) is 30.2 Å². The first kappa shape index (κ1) is 19.3. The predicted octanol–water partition coefficient (Wildman–Crippen LogP) is 4.35. The molecule has 130 valence electrons. The van der Waals surface area contributed by atoms with Crippen molar-refractivity contribution in [2.75, 3.05) is 5.73 Å². The van der Waals surface area contributed by atoms with Gasteiger partial charge in [-0.05, 0) is 60.7 Å². The second-order valence-electron chi connectivity index (χ2n) is 5.60. The Kier molecular flexibility index (Phi) is 6.04. The van der Waals surface area contributed by atoms with E-state index in [1.807, 2.05) is 12.1 Å². The van der Waals surface area contributed by atoms with Gasteiger partial charge in [-0.2, -0.15) is 0 Å². The van der Waals surface area contributed by atoms with Crippen molar-refractivity contribution >= 4 is 51.3 Å². The predicted molar refractivity (Wildman–Crippen MR) is 101 cm³/mol. The molecule has 0 radical (unpaired) electrons. The van der Waals surface area contributed by atoms with Gasteiger partial charge < -0.3 is 5.73 Å². The molecule has 1 atom stereocenters. The largest absolute Gasteiger partial charge is 0.399 e. The molecule has 0 fully saturated rings. The van der Waals surface area contributed by atoms with E-state index in [1.165, 1.54) is 12.1 Å². The number of sulfonamides is 1. The van der Waals surface area contributed by atoms with Crippen LogP contribution in [0.25, 0.3) is 0 Å². The molecule has 8 heteroatoms. The summed E-state index contributed by atoms with van der Waals surface area (Å²) in [4.78, 5) is -0.00534. The van der Waals surface area contributed by atoms with Crippen molar-refractivity contribution in [3.05, 3.63) is 57.6 Å². The highest BCUT2D eigenvalue weighted by Gasteiger charge is 2.27. The number of nitrogens with two attached hydrogens (primary N) is 1. The lowest BCUT2D eigenvalue weighted by Gasteiger charge is -2.26. The van der Waals surface area contributed by atoms with Crippen LogP contribution in [0, 0.1) is 0 Å². The molecule has 0 aliphatic heterocycles. The number of benzene rings is 2. The lowest BCUT2D eigenvalue weighted by atomic mass is 9.88. The molecular formula is C16H17Cl3N2O2S. The van der Waals surface area contributed by atoms with Crippen LogP contribution in [0.15, 0.2) is 41.3 Å². The van der Waals surface area contributed by atoms with Crippen molar-refractivity contribution < 1.29 is 8.42 Å². The van der Waals surface area contributed by atoms with E-state index in [-0.39, 0.29) is 28.4 Å². The monoisotopic (exact) mass is 406 g/mol. The number of fused-ring (bicyclic) bond motifs is 1. The Morgan fingerprint density at radius 2 is 1.88 bits per heavy atom. The Balaban J connectivity index is 0.00000208. The second kappa shape index (κ2) is 7.50. The lowest BCUT2D eigenvalue weighted by Crippen LogP contribution is -2.31. The first-order chi connectivity index (χ1) is 10.9. The number of rotatable bonds is 3. The van der Waals surface area contributed by atoms with Gasteiger partial charge in [0, 0.05) is 16.8 Å². The third kappa shape index (κ3) is 3.98. The fraction of sp³-hybridized carbons (Fsp3) is 0.250. The summed E-state index contributed by atoms with van der Waals surface area (Å²) >= 11 is 11.9. The Labute approximate surface area is 157 Å². The van der Waals surface area contributed by atoms with Crippen molar-refractivity contribution in [3.8, 4) is 0 Å². The van der Waals surface area contributed by atoms with Crippen LogP contribution in [0.1, 0.15) is 30.0 Å². The highest BCUT2D eigenvalue weighted by atomic mass is 35.5. The minimum absolute atomic E-state index is 0. The number of hydrogen-bond acceptors (Lipinski definition) is 3. The first-order valence-electron chi connectivity index (χ1n) is 7.22. The van der Waals surface area contributed by atoms with Crippen LogP contribution in [-0.4, -0.2) is 8.42 Å². The summed E-state index contributed by atoms with van der Waals surface area (Å²) in [6.45, 7) is 0. The SMILES string of the molecule is Cl.Nc1ccc2c(c1)CCCC2NS(=O)(=O)c1cc(Cl)ccc1Cl. The molecule has 0 saturated carbocycles. The number of hydrogen-bond donors (Lipinski definition) is 2. The van der Waals surface area contributed by atoms with Crippen LogP contribution < -0.4 is 10.5 Å². The summed E-state index contributed by atoms with van der Waals surface area (Å²) in [6, 6.07) is 9.69. The third-order valence-electron chi connectivity index (χ3n) is 3.96. The molecule has 4 nitrogen and oxygen atoms in total. The first-order valence-corrected chi connectivity index (χ1v) is 9.46. The quantitative estimate of drug-likeness (QED) is 0.743. The Morgan fingerprint density at radius 1 is 1.12 bits per heavy atom. The molecule has 3 rings (SSSR count). The maximum absolute atomic E-state index is 12.7. The van der Waals surface area contributed by atoms with E-state index in [2.05, 4.69) is 4.72 Å². The molecule has 0 heterocycles. The Bertz CT molecular complexity index is 856. The number of anilines is 1. The number of nitrogen functional groups attached to an aromatic ring is 1. The van der Waals surface area contributed by atoms with Gasteiger partial charge in [-0.25, -0.2) is 13.1 Å². The van der Waals surface area contributed by atoms with Crippen LogP contribution in [0.5, 0.6) is 0 Å². The summed E-state index contributed by atoms with van der Waals surface area (Å²) in [6.07, 6.45) is 2.53. The molecule has 0 aromatic heterocycles. The van der Waals surface area contributed by atoms with Crippen LogP contribution in [-0.2, 0) is 16.4 Å². The summed E-state index contributed by atoms with van der Waals surface area (Å²) in [5.41, 5.74) is 8.55. The van der Waals surface area contributed by atoms with Crippen LogP contribution in [0.3, 0.4) is 0 Å². The van der Waals surface area contributed by atoms with E-state index in [9.17, 15) is 8.42 Å². The van der Waals surface area contributed by atoms with Gasteiger partial charge in [0.1, 0.15) is 4.90 Å². The molecule has 1 unspecified atom stereocenters. The van der Waals surface area contributed by atoms with E-state index >= 15 is 0 Å². The molecule has 0 bridgehead atoms. The van der Waals surface area contributed by atoms with Gasteiger partial charge in [0.15, 0.2) is 0 Å². The molecule has 3 N–H and O–H groups in total. The summed E-state index contributed by atoms with van der Waals surface area (Å²) in [7, 11) is -3.76. The van der Waals surface area contributed by atoms with Crippen molar-refractivity contribution in [3.63, 3.8) is 0 Å². The van der Waals surface area contributed by atoms with E-state index in [1.54, 1.807) is 12.1 Å².